The Balaban J connectivity index is 2.23. The summed E-state index contributed by atoms with van der Waals surface area (Å²) in [6, 6.07) is 11.8. The van der Waals surface area contributed by atoms with Crippen molar-refractivity contribution in [2.24, 2.45) is 0 Å². The minimum atomic E-state index is 0.0652. The summed E-state index contributed by atoms with van der Waals surface area (Å²) in [6.45, 7) is 6.19. The van der Waals surface area contributed by atoms with Crippen LogP contribution in [0.25, 0.3) is 0 Å². The standard InChI is InChI=1S/C16H18O2/c1-11-4-6-15(8-12(11)2)18-16-7-5-14(10-17)13(3)9-16/h4-9,17H,10H2,1-3H3. The molecule has 2 heteroatoms. The summed E-state index contributed by atoms with van der Waals surface area (Å²) in [5, 5.41) is 9.13. The van der Waals surface area contributed by atoms with Gasteiger partial charge in [-0.3, -0.25) is 0 Å². The third kappa shape index (κ3) is 2.71. The molecule has 0 fully saturated rings. The highest BCUT2D eigenvalue weighted by atomic mass is 16.5. The van der Waals surface area contributed by atoms with Crippen molar-refractivity contribution in [1.82, 2.24) is 0 Å². The van der Waals surface area contributed by atoms with Crippen LogP contribution >= 0.6 is 0 Å². The summed E-state index contributed by atoms with van der Waals surface area (Å²) in [7, 11) is 0. The molecule has 18 heavy (non-hydrogen) atoms. The summed E-state index contributed by atoms with van der Waals surface area (Å²) >= 11 is 0. The van der Waals surface area contributed by atoms with E-state index in [9.17, 15) is 0 Å². The second-order valence-electron chi connectivity index (χ2n) is 4.59. The number of ether oxygens (including phenoxy) is 1. The molecule has 2 aromatic carbocycles. The van der Waals surface area contributed by atoms with Gasteiger partial charge in [-0.1, -0.05) is 12.1 Å². The molecule has 2 rings (SSSR count). The predicted octanol–water partition coefficient (Wildman–Crippen LogP) is 3.90. The van der Waals surface area contributed by atoms with Crippen LogP contribution in [-0.2, 0) is 6.61 Å². The van der Waals surface area contributed by atoms with Gasteiger partial charge in [-0.25, -0.2) is 0 Å². The van der Waals surface area contributed by atoms with Crippen molar-refractivity contribution in [1.29, 1.82) is 0 Å². The van der Waals surface area contributed by atoms with Crippen LogP contribution in [0, 0.1) is 20.8 Å². The highest BCUT2D eigenvalue weighted by Crippen LogP contribution is 2.25. The number of rotatable bonds is 3. The van der Waals surface area contributed by atoms with E-state index in [0.717, 1.165) is 22.6 Å². The summed E-state index contributed by atoms with van der Waals surface area (Å²) in [5.41, 5.74) is 4.45. The Morgan fingerprint density at radius 1 is 0.833 bits per heavy atom. The molecule has 2 aromatic rings. The van der Waals surface area contributed by atoms with Gasteiger partial charge in [-0.2, -0.15) is 0 Å². The Kier molecular flexibility index (Phi) is 3.68. The molecule has 0 aliphatic rings. The van der Waals surface area contributed by atoms with Crippen molar-refractivity contribution < 1.29 is 9.84 Å². The van der Waals surface area contributed by atoms with Crippen LogP contribution in [0.1, 0.15) is 22.3 Å². The lowest BCUT2D eigenvalue weighted by Crippen LogP contribution is -1.91. The Hall–Kier alpha value is -1.80. The minimum Gasteiger partial charge on any atom is -0.457 e. The van der Waals surface area contributed by atoms with Crippen LogP contribution in [0.15, 0.2) is 36.4 Å². The van der Waals surface area contributed by atoms with Gasteiger partial charge in [0, 0.05) is 0 Å². The Bertz CT molecular complexity index is 559. The lowest BCUT2D eigenvalue weighted by molar-refractivity contribution is 0.281. The van der Waals surface area contributed by atoms with Gasteiger partial charge >= 0.3 is 0 Å². The van der Waals surface area contributed by atoms with E-state index >= 15 is 0 Å². The molecule has 2 nitrogen and oxygen atoms in total. The van der Waals surface area contributed by atoms with Crippen molar-refractivity contribution in [3.8, 4) is 11.5 Å². The van der Waals surface area contributed by atoms with Crippen molar-refractivity contribution in [3.63, 3.8) is 0 Å². The van der Waals surface area contributed by atoms with Crippen molar-refractivity contribution in [2.75, 3.05) is 0 Å². The first-order valence-electron chi connectivity index (χ1n) is 6.05. The summed E-state index contributed by atoms with van der Waals surface area (Å²) in [6.07, 6.45) is 0. The lowest BCUT2D eigenvalue weighted by atomic mass is 10.1. The fourth-order valence-corrected chi connectivity index (χ4v) is 1.82. The fraction of sp³-hybridized carbons (Fsp3) is 0.250. The smallest absolute Gasteiger partial charge is 0.127 e. The average molecular weight is 242 g/mol. The van der Waals surface area contributed by atoms with Crippen molar-refractivity contribution in [3.05, 3.63) is 58.7 Å². The summed E-state index contributed by atoms with van der Waals surface area (Å²) < 4.78 is 5.81. The maximum Gasteiger partial charge on any atom is 0.127 e. The fourth-order valence-electron chi connectivity index (χ4n) is 1.82. The van der Waals surface area contributed by atoms with E-state index in [1.165, 1.54) is 11.1 Å². The minimum absolute atomic E-state index is 0.0652. The molecule has 0 amide bonds. The molecule has 0 radical (unpaired) electrons. The zero-order chi connectivity index (χ0) is 13.1. The molecule has 0 heterocycles. The molecule has 0 aliphatic carbocycles. The van der Waals surface area contributed by atoms with Gasteiger partial charge in [0.05, 0.1) is 6.61 Å². The van der Waals surface area contributed by atoms with E-state index in [1.807, 2.05) is 37.3 Å². The van der Waals surface area contributed by atoms with Crippen LogP contribution in [-0.4, -0.2) is 5.11 Å². The van der Waals surface area contributed by atoms with E-state index in [4.69, 9.17) is 9.84 Å². The molecular weight excluding hydrogens is 224 g/mol. The number of benzene rings is 2. The molecule has 0 unspecified atom stereocenters. The molecule has 1 N–H and O–H groups in total. The maximum absolute atomic E-state index is 9.13. The first kappa shape index (κ1) is 12.7. The first-order chi connectivity index (χ1) is 8.60. The van der Waals surface area contributed by atoms with E-state index in [1.54, 1.807) is 0 Å². The molecule has 0 bridgehead atoms. The number of hydrogen-bond acceptors (Lipinski definition) is 2. The first-order valence-corrected chi connectivity index (χ1v) is 6.05. The molecule has 0 aromatic heterocycles. The highest BCUT2D eigenvalue weighted by Gasteiger charge is 2.02. The van der Waals surface area contributed by atoms with Gasteiger partial charge in [0.15, 0.2) is 0 Å². The number of aliphatic hydroxyl groups excluding tert-OH is 1. The van der Waals surface area contributed by atoms with Crippen molar-refractivity contribution >= 4 is 0 Å². The van der Waals surface area contributed by atoms with Crippen LogP contribution in [0.4, 0.5) is 0 Å². The van der Waals surface area contributed by atoms with Gasteiger partial charge in [-0.05, 0) is 67.3 Å². The zero-order valence-corrected chi connectivity index (χ0v) is 11.0. The quantitative estimate of drug-likeness (QED) is 0.884. The van der Waals surface area contributed by atoms with E-state index in [-0.39, 0.29) is 6.61 Å². The van der Waals surface area contributed by atoms with E-state index in [2.05, 4.69) is 19.9 Å². The van der Waals surface area contributed by atoms with Gasteiger partial charge in [-0.15, -0.1) is 0 Å². The van der Waals surface area contributed by atoms with Crippen LogP contribution < -0.4 is 4.74 Å². The summed E-state index contributed by atoms with van der Waals surface area (Å²) in [5.74, 6) is 1.64. The van der Waals surface area contributed by atoms with Gasteiger partial charge in [0.1, 0.15) is 11.5 Å². The maximum atomic E-state index is 9.13. The van der Waals surface area contributed by atoms with Gasteiger partial charge in [0.25, 0.3) is 0 Å². The largest absolute Gasteiger partial charge is 0.457 e. The molecule has 0 saturated heterocycles. The van der Waals surface area contributed by atoms with Crippen LogP contribution in [0.3, 0.4) is 0 Å². The number of aliphatic hydroxyl groups is 1. The number of hydrogen-bond donors (Lipinski definition) is 1. The Morgan fingerprint density at radius 3 is 2.00 bits per heavy atom. The molecule has 0 atom stereocenters. The third-order valence-corrected chi connectivity index (χ3v) is 3.20. The molecule has 0 aliphatic heterocycles. The van der Waals surface area contributed by atoms with Crippen LogP contribution in [0.5, 0.6) is 11.5 Å². The average Bonchev–Trinajstić information content (AvgIpc) is 2.34. The topological polar surface area (TPSA) is 29.5 Å². The Morgan fingerprint density at radius 2 is 1.44 bits per heavy atom. The van der Waals surface area contributed by atoms with Crippen molar-refractivity contribution in [2.45, 2.75) is 27.4 Å². The van der Waals surface area contributed by atoms with E-state index in [0.29, 0.717) is 0 Å². The Labute approximate surface area is 108 Å². The van der Waals surface area contributed by atoms with Gasteiger partial charge in [0.2, 0.25) is 0 Å². The second kappa shape index (κ2) is 5.23. The highest BCUT2D eigenvalue weighted by molar-refractivity contribution is 5.40. The molecular formula is C16H18O2. The monoisotopic (exact) mass is 242 g/mol. The molecule has 94 valence electrons. The summed E-state index contributed by atoms with van der Waals surface area (Å²) in [4.78, 5) is 0. The second-order valence-corrected chi connectivity index (χ2v) is 4.59. The molecule has 0 spiro atoms. The third-order valence-electron chi connectivity index (χ3n) is 3.20. The van der Waals surface area contributed by atoms with Crippen LogP contribution in [0.2, 0.25) is 0 Å². The predicted molar refractivity (Wildman–Crippen MR) is 73.1 cm³/mol. The lowest BCUT2D eigenvalue weighted by Gasteiger charge is -2.10. The van der Waals surface area contributed by atoms with E-state index < -0.39 is 0 Å². The zero-order valence-electron chi connectivity index (χ0n) is 11.0. The SMILES string of the molecule is Cc1ccc(Oc2ccc(CO)c(C)c2)cc1C. The number of aryl methyl sites for hydroxylation is 3. The normalized spacial score (nSPS) is 10.4. The van der Waals surface area contributed by atoms with Gasteiger partial charge < -0.3 is 9.84 Å². The molecule has 0 saturated carbocycles.